The van der Waals surface area contributed by atoms with E-state index in [-0.39, 0.29) is 0 Å². The summed E-state index contributed by atoms with van der Waals surface area (Å²) in [6, 6.07) is 3.19. The average Bonchev–Trinajstić information content (AvgIpc) is 2.17. The molecule has 0 aliphatic heterocycles. The first-order chi connectivity index (χ1) is 5.77. The number of rotatable bonds is 3. The van der Waals surface area contributed by atoms with Crippen molar-refractivity contribution in [2.24, 2.45) is 0 Å². The first-order valence-electron chi connectivity index (χ1n) is 3.26. The molecule has 0 amide bonds. The van der Waals surface area contributed by atoms with Crippen molar-refractivity contribution in [2.45, 2.75) is 0 Å². The third kappa shape index (κ3) is 1.70. The molecule has 0 radical (unpaired) electrons. The van der Waals surface area contributed by atoms with Gasteiger partial charge in [0.1, 0.15) is 6.34 Å². The zero-order valence-corrected chi connectivity index (χ0v) is 6.56. The van der Waals surface area contributed by atoms with Crippen LogP contribution in [0.2, 0.25) is 0 Å². The Hall–Kier alpha value is -1.62. The molecule has 0 saturated carbocycles. The molecule has 0 atom stereocenters. The molecule has 0 unspecified atom stereocenters. The monoisotopic (exact) mass is 167 g/mol. The zero-order chi connectivity index (χ0) is 8.97. The highest BCUT2D eigenvalue weighted by Gasteiger charge is 1.99. The van der Waals surface area contributed by atoms with Gasteiger partial charge in [0, 0.05) is 6.07 Å². The molecule has 1 aromatic heterocycles. The molecule has 5 nitrogen and oxygen atoms in total. The first kappa shape index (κ1) is 8.48. The Morgan fingerprint density at radius 2 is 2.42 bits per heavy atom. The molecule has 0 aliphatic rings. The molecular weight excluding hydrogens is 158 g/mol. The Bertz CT molecular complexity index is 260. The fourth-order valence-corrected chi connectivity index (χ4v) is 0.703. The smallest absolute Gasteiger partial charge is 0.213 e. The van der Waals surface area contributed by atoms with Gasteiger partial charge >= 0.3 is 0 Å². The number of nitrogens with zero attached hydrogens (tertiary/aromatic N) is 2. The Kier molecular flexibility index (Phi) is 2.60. The van der Waals surface area contributed by atoms with Crippen LogP contribution in [0.3, 0.4) is 0 Å². The summed E-state index contributed by atoms with van der Waals surface area (Å²) in [7, 11) is 1.51. The fraction of sp³-hybridized carbons (Fsp3) is 0.143. The van der Waals surface area contributed by atoms with Crippen LogP contribution in [0, 0.1) is 5.41 Å². The van der Waals surface area contributed by atoms with Crippen LogP contribution in [-0.4, -0.2) is 23.6 Å². The van der Waals surface area contributed by atoms with Gasteiger partial charge in [0.25, 0.3) is 0 Å². The summed E-state index contributed by atoms with van der Waals surface area (Å²) in [6.45, 7) is 0. The molecule has 1 rings (SSSR count). The highest BCUT2D eigenvalue weighted by Crippen LogP contribution is 2.12. The summed E-state index contributed by atoms with van der Waals surface area (Å²) in [5, 5.41) is 16.4. The Labute approximate surface area is 69.7 Å². The highest BCUT2D eigenvalue weighted by molar-refractivity contribution is 5.72. The van der Waals surface area contributed by atoms with Crippen LogP contribution in [0.4, 0.5) is 5.69 Å². The van der Waals surface area contributed by atoms with Gasteiger partial charge in [-0.25, -0.2) is 10.0 Å². The van der Waals surface area contributed by atoms with E-state index in [4.69, 9.17) is 15.4 Å². The molecule has 1 aromatic rings. The first-order valence-corrected chi connectivity index (χ1v) is 3.26. The number of anilines is 1. The second kappa shape index (κ2) is 3.68. The highest BCUT2D eigenvalue weighted by atomic mass is 16.5. The lowest BCUT2D eigenvalue weighted by Crippen LogP contribution is -2.14. The number of methoxy groups -OCH3 is 1. The van der Waals surface area contributed by atoms with E-state index < -0.39 is 0 Å². The van der Waals surface area contributed by atoms with Crippen molar-refractivity contribution in [3.8, 4) is 5.88 Å². The summed E-state index contributed by atoms with van der Waals surface area (Å²) in [5.74, 6) is 0.470. The lowest BCUT2D eigenvalue weighted by Gasteiger charge is -2.08. The Balaban J connectivity index is 2.84. The van der Waals surface area contributed by atoms with Gasteiger partial charge in [-0.2, -0.15) is 0 Å². The third-order valence-corrected chi connectivity index (χ3v) is 1.32. The van der Waals surface area contributed by atoms with E-state index in [0.717, 1.165) is 6.34 Å². The summed E-state index contributed by atoms with van der Waals surface area (Å²) < 4.78 is 4.81. The average molecular weight is 167 g/mol. The van der Waals surface area contributed by atoms with Crippen LogP contribution < -0.4 is 9.80 Å². The summed E-state index contributed by atoms with van der Waals surface area (Å²) in [4.78, 5) is 3.84. The number of hydrogen-bond donors (Lipinski definition) is 2. The Morgan fingerprint density at radius 3 is 2.83 bits per heavy atom. The van der Waals surface area contributed by atoms with Gasteiger partial charge < -0.3 is 4.74 Å². The van der Waals surface area contributed by atoms with Gasteiger partial charge in [0.2, 0.25) is 5.88 Å². The molecular formula is C7H9N3O2. The number of hydrogen-bond acceptors (Lipinski definition) is 4. The van der Waals surface area contributed by atoms with Crippen LogP contribution >= 0.6 is 0 Å². The van der Waals surface area contributed by atoms with E-state index in [1.54, 1.807) is 12.1 Å². The second-order valence-electron chi connectivity index (χ2n) is 2.03. The predicted octanol–water partition coefficient (Wildman–Crippen LogP) is 0.893. The van der Waals surface area contributed by atoms with Crippen molar-refractivity contribution < 1.29 is 9.94 Å². The lowest BCUT2D eigenvalue weighted by molar-refractivity contribution is 0.315. The van der Waals surface area contributed by atoms with E-state index in [1.807, 2.05) is 0 Å². The van der Waals surface area contributed by atoms with E-state index in [1.165, 1.54) is 13.3 Å². The summed E-state index contributed by atoms with van der Waals surface area (Å²) in [5.41, 5.74) is 0.422. The van der Waals surface area contributed by atoms with E-state index in [0.29, 0.717) is 16.6 Å². The zero-order valence-electron chi connectivity index (χ0n) is 6.56. The van der Waals surface area contributed by atoms with Crippen molar-refractivity contribution in [2.75, 3.05) is 12.2 Å². The van der Waals surface area contributed by atoms with Gasteiger partial charge in [-0.1, -0.05) is 0 Å². The number of aromatic nitrogens is 1. The van der Waals surface area contributed by atoms with Crippen LogP contribution in [0.15, 0.2) is 18.3 Å². The van der Waals surface area contributed by atoms with Gasteiger partial charge in [0.05, 0.1) is 19.0 Å². The molecule has 0 aromatic carbocycles. The molecule has 0 aliphatic carbocycles. The molecule has 0 bridgehead atoms. The minimum atomic E-state index is 0.422. The number of nitrogens with one attached hydrogen (secondary N) is 1. The topological polar surface area (TPSA) is 69.4 Å². The quantitative estimate of drug-likeness (QED) is 0.398. The van der Waals surface area contributed by atoms with Crippen molar-refractivity contribution in [3.05, 3.63) is 18.3 Å². The van der Waals surface area contributed by atoms with Crippen LogP contribution in [0.25, 0.3) is 0 Å². The lowest BCUT2D eigenvalue weighted by atomic mass is 10.4. The molecule has 5 heteroatoms. The summed E-state index contributed by atoms with van der Waals surface area (Å²) in [6.07, 6.45) is 2.19. The normalized spacial score (nSPS) is 9.17. The van der Waals surface area contributed by atoms with Gasteiger partial charge in [-0.3, -0.25) is 10.6 Å². The van der Waals surface area contributed by atoms with Crippen molar-refractivity contribution in [1.82, 2.24) is 4.98 Å². The molecule has 0 spiro atoms. The summed E-state index contributed by atoms with van der Waals surface area (Å²) >= 11 is 0. The SMILES string of the molecule is COc1ccc(N(O)C=N)cn1. The van der Waals surface area contributed by atoms with Crippen molar-refractivity contribution >= 4 is 12.0 Å². The molecule has 64 valence electrons. The number of hydroxylamine groups is 1. The third-order valence-electron chi connectivity index (χ3n) is 1.32. The molecule has 0 fully saturated rings. The second-order valence-corrected chi connectivity index (χ2v) is 2.03. The standard InChI is InChI=1S/C7H9N3O2/c1-12-7-3-2-6(4-9-7)10(11)5-8/h2-5,8,11H,1H3. The van der Waals surface area contributed by atoms with E-state index >= 15 is 0 Å². The number of pyridine rings is 1. The molecule has 2 N–H and O–H groups in total. The van der Waals surface area contributed by atoms with Gasteiger partial charge in [-0.15, -0.1) is 0 Å². The number of ether oxygens (including phenoxy) is 1. The fourth-order valence-electron chi connectivity index (χ4n) is 0.703. The molecule has 0 saturated heterocycles. The van der Waals surface area contributed by atoms with E-state index in [2.05, 4.69) is 4.98 Å². The van der Waals surface area contributed by atoms with Crippen LogP contribution in [0.5, 0.6) is 5.88 Å². The maximum Gasteiger partial charge on any atom is 0.213 e. The van der Waals surface area contributed by atoms with Gasteiger partial charge in [-0.05, 0) is 6.07 Å². The Morgan fingerprint density at radius 1 is 1.67 bits per heavy atom. The minimum Gasteiger partial charge on any atom is -0.481 e. The predicted molar refractivity (Wildman–Crippen MR) is 43.8 cm³/mol. The van der Waals surface area contributed by atoms with Crippen molar-refractivity contribution in [1.29, 1.82) is 5.41 Å². The largest absolute Gasteiger partial charge is 0.481 e. The maximum atomic E-state index is 9.00. The van der Waals surface area contributed by atoms with Crippen LogP contribution in [0.1, 0.15) is 0 Å². The maximum absolute atomic E-state index is 9.00. The minimum absolute atomic E-state index is 0.422. The van der Waals surface area contributed by atoms with Gasteiger partial charge in [0.15, 0.2) is 0 Å². The molecule has 12 heavy (non-hydrogen) atoms. The van der Waals surface area contributed by atoms with Crippen molar-refractivity contribution in [3.63, 3.8) is 0 Å². The molecule has 1 heterocycles. The van der Waals surface area contributed by atoms with E-state index in [9.17, 15) is 0 Å². The van der Waals surface area contributed by atoms with Crippen LogP contribution in [-0.2, 0) is 0 Å².